The molecule has 0 saturated heterocycles. The molecule has 0 saturated carbocycles. The summed E-state index contributed by atoms with van der Waals surface area (Å²) in [6, 6.07) is 54.3. The molecule has 12 rings (SSSR count). The maximum atomic E-state index is 9.96. The summed E-state index contributed by atoms with van der Waals surface area (Å²) in [4.78, 5) is 14.9. The standard InChI is InChI=1S/C49H26N6OS/c50-26-29-18-20-37-32(23-29)33-24-30(27-51)19-21-38(33)55(37)41-13-7-17-45-46(41)49(34-9-1-6-16-44(34)57-45)35-10-8-22-52-47(35)48-36(49)25-31(28-53-48)54-39-11-2-4-14-42(39)56-43-15-5-3-12-40(43)54/h1-25,28H. The van der Waals surface area contributed by atoms with Gasteiger partial charge in [-0.2, -0.15) is 10.5 Å². The number of pyridine rings is 2. The molecule has 7 nitrogen and oxygen atoms in total. The van der Waals surface area contributed by atoms with Crippen LogP contribution in [0.2, 0.25) is 0 Å². The second-order valence-corrected chi connectivity index (χ2v) is 15.5. The van der Waals surface area contributed by atoms with E-state index in [1.165, 1.54) is 0 Å². The molecule has 0 fully saturated rings. The van der Waals surface area contributed by atoms with Gasteiger partial charge in [-0.1, -0.05) is 66.4 Å². The molecule has 3 aliphatic rings. The summed E-state index contributed by atoms with van der Waals surface area (Å²) in [6.45, 7) is 0. The van der Waals surface area contributed by atoms with E-state index in [4.69, 9.17) is 14.7 Å². The molecule has 3 aromatic heterocycles. The van der Waals surface area contributed by atoms with Crippen LogP contribution in [0.3, 0.4) is 0 Å². The molecule has 0 bridgehead atoms. The van der Waals surface area contributed by atoms with E-state index >= 15 is 0 Å². The summed E-state index contributed by atoms with van der Waals surface area (Å²) in [5.41, 5.74) is 12.0. The molecule has 2 aliphatic heterocycles. The van der Waals surface area contributed by atoms with Gasteiger partial charge < -0.3 is 14.2 Å². The first-order valence-corrected chi connectivity index (χ1v) is 19.4. The first-order chi connectivity index (χ1) is 28.2. The monoisotopic (exact) mass is 746 g/mol. The van der Waals surface area contributed by atoms with Gasteiger partial charge in [-0.25, -0.2) is 0 Å². The first kappa shape index (κ1) is 31.7. The molecule has 0 amide bonds. The Balaban J connectivity index is 1.21. The van der Waals surface area contributed by atoms with Crippen LogP contribution in [-0.4, -0.2) is 14.5 Å². The third kappa shape index (κ3) is 4.20. The average molecular weight is 747 g/mol. The predicted octanol–water partition coefficient (Wildman–Crippen LogP) is 11.7. The molecule has 0 radical (unpaired) electrons. The second-order valence-electron chi connectivity index (χ2n) is 14.4. The number of hydrogen-bond acceptors (Lipinski definition) is 7. The maximum Gasteiger partial charge on any atom is 0.151 e. The van der Waals surface area contributed by atoms with Gasteiger partial charge in [-0.05, 0) is 102 Å². The Morgan fingerprint density at radius 3 is 1.89 bits per heavy atom. The van der Waals surface area contributed by atoms with Crippen LogP contribution in [0.5, 0.6) is 11.5 Å². The minimum absolute atomic E-state index is 0.564. The second kappa shape index (κ2) is 11.7. The molecular weight excluding hydrogens is 721 g/mol. The van der Waals surface area contributed by atoms with Gasteiger partial charge in [0.15, 0.2) is 11.5 Å². The van der Waals surface area contributed by atoms with Crippen molar-refractivity contribution >= 4 is 50.6 Å². The number of aromatic nitrogens is 3. The topological polar surface area (TPSA) is 90.8 Å². The molecule has 1 atom stereocenters. The number of anilines is 3. The van der Waals surface area contributed by atoms with Gasteiger partial charge in [0.2, 0.25) is 0 Å². The molecule has 1 aliphatic carbocycles. The van der Waals surface area contributed by atoms with Crippen LogP contribution in [0.1, 0.15) is 33.4 Å². The van der Waals surface area contributed by atoms with E-state index in [0.29, 0.717) is 11.1 Å². The zero-order valence-corrected chi connectivity index (χ0v) is 30.8. The number of nitriles is 2. The minimum Gasteiger partial charge on any atom is -0.453 e. The molecule has 6 aromatic carbocycles. The van der Waals surface area contributed by atoms with Crippen molar-refractivity contribution in [1.29, 1.82) is 10.5 Å². The highest BCUT2D eigenvalue weighted by Gasteiger charge is 2.53. The van der Waals surface area contributed by atoms with Gasteiger partial charge in [0.05, 0.1) is 80.0 Å². The van der Waals surface area contributed by atoms with Gasteiger partial charge in [0, 0.05) is 37.9 Å². The van der Waals surface area contributed by atoms with Crippen LogP contribution in [0, 0.1) is 22.7 Å². The van der Waals surface area contributed by atoms with Crippen molar-refractivity contribution in [3.63, 3.8) is 0 Å². The lowest BCUT2D eigenvalue weighted by atomic mass is 9.67. The van der Waals surface area contributed by atoms with Crippen molar-refractivity contribution < 1.29 is 4.74 Å². The number of hydrogen-bond donors (Lipinski definition) is 0. The number of benzene rings is 6. The Labute approximate surface area is 331 Å². The minimum atomic E-state index is -0.830. The Kier molecular flexibility index (Phi) is 6.49. The summed E-state index contributed by atoms with van der Waals surface area (Å²) in [6.07, 6.45) is 3.81. The smallest absolute Gasteiger partial charge is 0.151 e. The van der Waals surface area contributed by atoms with Crippen molar-refractivity contribution in [2.24, 2.45) is 0 Å². The fourth-order valence-electron chi connectivity index (χ4n) is 9.34. The number of nitrogens with zero attached hydrogens (tertiary/aromatic N) is 6. The Morgan fingerprint density at radius 1 is 0.561 bits per heavy atom. The molecular formula is C49H26N6OS. The van der Waals surface area contributed by atoms with Crippen molar-refractivity contribution in [2.75, 3.05) is 4.90 Å². The van der Waals surface area contributed by atoms with Crippen molar-refractivity contribution in [3.8, 4) is 40.7 Å². The molecule has 0 N–H and O–H groups in total. The third-order valence-electron chi connectivity index (χ3n) is 11.6. The van der Waals surface area contributed by atoms with E-state index in [9.17, 15) is 10.5 Å². The van der Waals surface area contributed by atoms with Gasteiger partial charge in [-0.3, -0.25) is 9.97 Å². The van der Waals surface area contributed by atoms with Crippen molar-refractivity contribution in [3.05, 3.63) is 191 Å². The van der Waals surface area contributed by atoms with Crippen LogP contribution in [-0.2, 0) is 5.41 Å². The largest absolute Gasteiger partial charge is 0.453 e. The summed E-state index contributed by atoms with van der Waals surface area (Å²) in [5.74, 6) is 1.54. The van der Waals surface area contributed by atoms with E-state index in [1.807, 2.05) is 91.3 Å². The first-order valence-electron chi connectivity index (χ1n) is 18.6. The third-order valence-corrected chi connectivity index (χ3v) is 12.7. The molecule has 57 heavy (non-hydrogen) atoms. The molecule has 1 spiro atoms. The van der Waals surface area contributed by atoms with Crippen molar-refractivity contribution in [1.82, 2.24) is 14.5 Å². The Hall–Kier alpha value is -7.65. The summed E-state index contributed by atoms with van der Waals surface area (Å²) >= 11 is 1.77. The zero-order valence-electron chi connectivity index (χ0n) is 30.0. The van der Waals surface area contributed by atoms with Gasteiger partial charge >= 0.3 is 0 Å². The van der Waals surface area contributed by atoms with Gasteiger partial charge in [0.1, 0.15) is 0 Å². The Bertz CT molecular complexity index is 3200. The molecule has 5 heterocycles. The van der Waals surface area contributed by atoms with Crippen LogP contribution in [0.4, 0.5) is 17.1 Å². The highest BCUT2D eigenvalue weighted by Crippen LogP contribution is 2.63. The van der Waals surface area contributed by atoms with Crippen LogP contribution < -0.4 is 9.64 Å². The predicted molar refractivity (Wildman–Crippen MR) is 222 cm³/mol. The lowest BCUT2D eigenvalue weighted by Gasteiger charge is -2.41. The maximum absolute atomic E-state index is 9.96. The lowest BCUT2D eigenvalue weighted by molar-refractivity contribution is 0.477. The van der Waals surface area contributed by atoms with Crippen LogP contribution >= 0.6 is 11.8 Å². The highest BCUT2D eigenvalue weighted by atomic mass is 32.2. The zero-order chi connectivity index (χ0) is 37.8. The highest BCUT2D eigenvalue weighted by molar-refractivity contribution is 7.99. The fraction of sp³-hybridized carbons (Fsp3) is 0.0204. The normalized spacial score (nSPS) is 15.4. The summed E-state index contributed by atoms with van der Waals surface area (Å²) < 4.78 is 8.73. The van der Waals surface area contributed by atoms with E-state index < -0.39 is 5.41 Å². The van der Waals surface area contributed by atoms with Crippen LogP contribution in [0.15, 0.2) is 168 Å². The van der Waals surface area contributed by atoms with Gasteiger partial charge in [0.25, 0.3) is 0 Å². The molecule has 1 unspecified atom stereocenters. The van der Waals surface area contributed by atoms with Crippen LogP contribution in [0.25, 0.3) is 38.9 Å². The fourth-order valence-corrected chi connectivity index (χ4v) is 10.6. The van der Waals surface area contributed by atoms with Gasteiger partial charge in [-0.15, -0.1) is 0 Å². The van der Waals surface area contributed by atoms with E-state index in [1.54, 1.807) is 11.8 Å². The van der Waals surface area contributed by atoms with E-state index in [2.05, 4.69) is 88.3 Å². The van der Waals surface area contributed by atoms with E-state index in [0.717, 1.165) is 99.5 Å². The van der Waals surface area contributed by atoms with Crippen molar-refractivity contribution in [2.45, 2.75) is 15.2 Å². The van der Waals surface area contributed by atoms with E-state index in [-0.39, 0.29) is 0 Å². The average Bonchev–Trinajstić information content (AvgIpc) is 3.74. The quantitative estimate of drug-likeness (QED) is 0.174. The number of para-hydroxylation sites is 4. The SMILES string of the molecule is N#Cc1ccc2c(c1)c1cc(C#N)ccc1n2-c1cccc2c1C1(c3ccccc3S2)c2cccnc2-c2ncc(N3c4ccccc4Oc4ccccc43)cc21. The summed E-state index contributed by atoms with van der Waals surface area (Å²) in [5, 5.41) is 21.8. The lowest BCUT2D eigenvalue weighted by Crippen LogP contribution is -2.33. The molecule has 264 valence electrons. The number of ether oxygens (including phenoxy) is 1. The number of fused-ring (bicyclic) bond motifs is 14. The Morgan fingerprint density at radius 2 is 1.18 bits per heavy atom. The molecule has 9 aromatic rings. The molecule has 8 heteroatoms. The summed E-state index contributed by atoms with van der Waals surface area (Å²) in [7, 11) is 0. The number of rotatable bonds is 2.